The number of hydrogen-bond donors (Lipinski definition) is 0. The summed E-state index contributed by atoms with van der Waals surface area (Å²) in [5.41, 5.74) is 1.11. The summed E-state index contributed by atoms with van der Waals surface area (Å²) in [6.07, 6.45) is -5.39. The topological polar surface area (TPSA) is 106 Å². The Labute approximate surface area is 238 Å². The second kappa shape index (κ2) is 11.7. The molecule has 13 heteroatoms. The van der Waals surface area contributed by atoms with Gasteiger partial charge in [-0.1, -0.05) is 35.5 Å². The molecule has 0 aliphatic rings. The number of nitrogens with zero attached hydrogens (tertiary/aromatic N) is 5. The van der Waals surface area contributed by atoms with E-state index in [2.05, 4.69) is 15.2 Å². The highest BCUT2D eigenvalue weighted by atomic mass is 19.4. The van der Waals surface area contributed by atoms with E-state index < -0.39 is 18.0 Å². The summed E-state index contributed by atoms with van der Waals surface area (Å²) in [5, 5.41) is 8.89. The summed E-state index contributed by atoms with van der Waals surface area (Å²) >= 11 is 0. The summed E-state index contributed by atoms with van der Waals surface area (Å²) in [4.78, 5) is 17.6. The first-order valence-electron chi connectivity index (χ1n) is 13.1. The SMILES string of the molecule is CCn1c(COCc2ccccc2)nn(-c2cc(OC(C)C(F)(F)F)c3c(Oc4c(C)noc4C)nccc3c2)c1=O. The van der Waals surface area contributed by atoms with Gasteiger partial charge in [0.05, 0.1) is 17.7 Å². The van der Waals surface area contributed by atoms with Gasteiger partial charge in [-0.3, -0.25) is 4.57 Å². The van der Waals surface area contributed by atoms with Crippen LogP contribution in [0.1, 0.15) is 36.7 Å². The van der Waals surface area contributed by atoms with Crippen molar-refractivity contribution in [3.63, 3.8) is 0 Å². The third kappa shape index (κ3) is 5.86. The molecule has 10 nitrogen and oxygen atoms in total. The smallest absolute Gasteiger partial charge is 0.425 e. The van der Waals surface area contributed by atoms with Gasteiger partial charge >= 0.3 is 11.9 Å². The molecule has 0 fully saturated rings. The minimum Gasteiger partial charge on any atom is -0.480 e. The second-order valence-electron chi connectivity index (χ2n) is 9.55. The van der Waals surface area contributed by atoms with Gasteiger partial charge in [-0.15, -0.1) is 5.10 Å². The van der Waals surface area contributed by atoms with Crippen molar-refractivity contribution in [3.8, 4) is 23.1 Å². The standard InChI is InChI=1S/C29H28F3N5O5/c1-5-36-24(16-39-15-20-9-7-6-8-10-20)34-37(28(36)38)22-13-21-11-12-33-27(41-26-17(2)35-42-18(26)3)25(21)23(14-22)40-19(4)29(30,31)32/h6-14,19H,5,15-16H2,1-4H3. The van der Waals surface area contributed by atoms with E-state index in [4.69, 9.17) is 18.7 Å². The fraction of sp³-hybridized carbons (Fsp3) is 0.310. The molecule has 0 amide bonds. The van der Waals surface area contributed by atoms with Crippen LogP contribution in [-0.4, -0.2) is 36.8 Å². The molecule has 3 aromatic heterocycles. The molecule has 1 unspecified atom stereocenters. The number of aromatic nitrogens is 5. The van der Waals surface area contributed by atoms with Gasteiger partial charge in [0.2, 0.25) is 5.88 Å². The summed E-state index contributed by atoms with van der Waals surface area (Å²) in [5.74, 6) is 0.808. The molecule has 1 atom stereocenters. The quantitative estimate of drug-likeness (QED) is 0.196. The predicted octanol–water partition coefficient (Wildman–Crippen LogP) is 6.05. The van der Waals surface area contributed by atoms with E-state index in [1.807, 2.05) is 30.3 Å². The maximum absolute atomic E-state index is 13.6. The number of pyridine rings is 1. The minimum absolute atomic E-state index is 0.0146. The van der Waals surface area contributed by atoms with Gasteiger partial charge in [0.25, 0.3) is 0 Å². The first-order valence-corrected chi connectivity index (χ1v) is 13.1. The Morgan fingerprint density at radius 1 is 1.07 bits per heavy atom. The lowest BCUT2D eigenvalue weighted by molar-refractivity contribution is -0.189. The van der Waals surface area contributed by atoms with Crippen LogP contribution < -0.4 is 15.2 Å². The molecule has 0 radical (unpaired) electrons. The maximum atomic E-state index is 13.6. The Morgan fingerprint density at radius 2 is 1.83 bits per heavy atom. The monoisotopic (exact) mass is 583 g/mol. The van der Waals surface area contributed by atoms with Crippen molar-refractivity contribution in [2.45, 2.75) is 59.7 Å². The molecular formula is C29H28F3N5O5. The van der Waals surface area contributed by atoms with Gasteiger partial charge in [0.15, 0.2) is 23.4 Å². The van der Waals surface area contributed by atoms with Crippen LogP contribution in [0.5, 0.6) is 17.4 Å². The third-order valence-corrected chi connectivity index (χ3v) is 6.55. The molecule has 0 saturated carbocycles. The number of halogens is 3. The normalized spacial score (nSPS) is 12.5. The van der Waals surface area contributed by atoms with Crippen molar-refractivity contribution in [2.75, 3.05) is 0 Å². The van der Waals surface area contributed by atoms with E-state index in [1.165, 1.54) is 16.8 Å². The zero-order valence-electron chi connectivity index (χ0n) is 23.3. The summed E-state index contributed by atoms with van der Waals surface area (Å²) in [6, 6.07) is 14.0. The molecule has 0 bridgehead atoms. The number of benzene rings is 2. The zero-order valence-corrected chi connectivity index (χ0v) is 23.3. The number of fused-ring (bicyclic) bond motifs is 1. The maximum Gasteiger partial charge on any atom is 0.425 e. The van der Waals surface area contributed by atoms with E-state index in [9.17, 15) is 18.0 Å². The Kier molecular flexibility index (Phi) is 8.03. The van der Waals surface area contributed by atoms with E-state index in [-0.39, 0.29) is 35.1 Å². The van der Waals surface area contributed by atoms with Gasteiger partial charge < -0.3 is 18.7 Å². The van der Waals surface area contributed by atoms with E-state index >= 15 is 0 Å². The second-order valence-corrected chi connectivity index (χ2v) is 9.55. The van der Waals surface area contributed by atoms with E-state index in [0.29, 0.717) is 35.8 Å². The van der Waals surface area contributed by atoms with E-state index in [0.717, 1.165) is 17.2 Å². The lowest BCUT2D eigenvalue weighted by atomic mass is 10.1. The zero-order chi connectivity index (χ0) is 30.0. The Bertz CT molecular complexity index is 1740. The number of aryl methyl sites for hydroxylation is 2. The molecule has 0 spiro atoms. The Morgan fingerprint density at radius 3 is 2.50 bits per heavy atom. The van der Waals surface area contributed by atoms with Gasteiger partial charge in [-0.25, -0.2) is 9.78 Å². The van der Waals surface area contributed by atoms with E-state index in [1.54, 1.807) is 32.9 Å². The molecule has 0 saturated heterocycles. The lowest BCUT2D eigenvalue weighted by Crippen LogP contribution is -2.31. The van der Waals surface area contributed by atoms with Crippen molar-refractivity contribution in [3.05, 3.63) is 88.1 Å². The molecule has 42 heavy (non-hydrogen) atoms. The number of rotatable bonds is 10. The fourth-order valence-electron chi connectivity index (χ4n) is 4.36. The van der Waals surface area contributed by atoms with Crippen LogP contribution in [0.25, 0.3) is 16.5 Å². The molecule has 0 aliphatic carbocycles. The van der Waals surface area contributed by atoms with Crippen molar-refractivity contribution >= 4 is 10.8 Å². The highest BCUT2D eigenvalue weighted by molar-refractivity contribution is 5.94. The van der Waals surface area contributed by atoms with Crippen molar-refractivity contribution in [2.24, 2.45) is 0 Å². The lowest BCUT2D eigenvalue weighted by Gasteiger charge is -2.20. The molecule has 0 aliphatic heterocycles. The molecule has 0 N–H and O–H groups in total. The van der Waals surface area contributed by atoms with Crippen LogP contribution in [0.15, 0.2) is 64.0 Å². The predicted molar refractivity (Wildman–Crippen MR) is 146 cm³/mol. The third-order valence-electron chi connectivity index (χ3n) is 6.55. The van der Waals surface area contributed by atoms with Crippen LogP contribution in [0.3, 0.4) is 0 Å². The van der Waals surface area contributed by atoms with Gasteiger partial charge in [-0.2, -0.15) is 17.9 Å². The number of hydrogen-bond acceptors (Lipinski definition) is 8. The molecule has 3 heterocycles. The first kappa shape index (κ1) is 28.9. The van der Waals surface area contributed by atoms with Gasteiger partial charge in [-0.05, 0) is 43.9 Å². The summed E-state index contributed by atoms with van der Waals surface area (Å²) < 4.78 is 65.7. The van der Waals surface area contributed by atoms with Crippen molar-refractivity contribution in [1.82, 2.24) is 24.5 Å². The van der Waals surface area contributed by atoms with Crippen LogP contribution in [0.4, 0.5) is 13.2 Å². The fourth-order valence-corrected chi connectivity index (χ4v) is 4.36. The Balaban J connectivity index is 1.57. The van der Waals surface area contributed by atoms with Crippen LogP contribution in [0, 0.1) is 13.8 Å². The first-order chi connectivity index (χ1) is 20.1. The van der Waals surface area contributed by atoms with Gasteiger partial charge in [0, 0.05) is 25.7 Å². The van der Waals surface area contributed by atoms with Crippen molar-refractivity contribution < 1.29 is 31.9 Å². The molecule has 5 aromatic rings. The van der Waals surface area contributed by atoms with Crippen LogP contribution in [0.2, 0.25) is 0 Å². The van der Waals surface area contributed by atoms with Gasteiger partial charge in [0.1, 0.15) is 18.1 Å². The molecule has 5 rings (SSSR count). The summed E-state index contributed by atoms with van der Waals surface area (Å²) in [6.45, 7) is 6.66. The average Bonchev–Trinajstić information content (AvgIpc) is 3.45. The highest BCUT2D eigenvalue weighted by Gasteiger charge is 2.38. The molecule has 2 aromatic carbocycles. The average molecular weight is 584 g/mol. The molecule has 220 valence electrons. The Hall–Kier alpha value is -4.65. The molecular weight excluding hydrogens is 555 g/mol. The van der Waals surface area contributed by atoms with Crippen molar-refractivity contribution in [1.29, 1.82) is 0 Å². The minimum atomic E-state index is -4.66. The summed E-state index contributed by atoms with van der Waals surface area (Å²) in [7, 11) is 0. The number of alkyl halides is 3. The number of ether oxygens (including phenoxy) is 3. The highest BCUT2D eigenvalue weighted by Crippen LogP contribution is 2.39. The van der Waals surface area contributed by atoms with Crippen LogP contribution in [-0.2, 0) is 24.5 Å². The largest absolute Gasteiger partial charge is 0.480 e. The van der Waals surface area contributed by atoms with Crippen LogP contribution >= 0.6 is 0 Å².